The second kappa shape index (κ2) is 8.10. The molecule has 1 fully saturated rings. The molecule has 6 heteroatoms. The van der Waals surface area contributed by atoms with Crippen molar-refractivity contribution >= 4 is 22.9 Å². The van der Waals surface area contributed by atoms with E-state index in [1.54, 1.807) is 12.1 Å². The molecule has 0 spiro atoms. The van der Waals surface area contributed by atoms with Gasteiger partial charge in [-0.2, -0.15) is 0 Å². The van der Waals surface area contributed by atoms with Crippen molar-refractivity contribution in [1.29, 1.82) is 0 Å². The molecule has 1 aliphatic heterocycles. The average molecular weight is 396 g/mol. The summed E-state index contributed by atoms with van der Waals surface area (Å²) in [5, 5.41) is 0.969. The SMILES string of the molecule is Cc1nc(Cc2ccccc2)sc1C(=O)N1CCN(c2ccc(F)cc2)CC1. The molecule has 3 aromatic rings. The molecule has 4 rings (SSSR count). The fourth-order valence-corrected chi connectivity index (χ4v) is 4.53. The standard InChI is InChI=1S/C22H22FN3OS/c1-16-21(28-20(24-16)15-17-5-3-2-4-6-17)22(27)26-13-11-25(12-14-26)19-9-7-18(23)8-10-19/h2-10H,11-15H2,1H3. The van der Waals surface area contributed by atoms with E-state index >= 15 is 0 Å². The zero-order valence-electron chi connectivity index (χ0n) is 15.8. The van der Waals surface area contributed by atoms with Crippen LogP contribution in [0.2, 0.25) is 0 Å². The number of thiazole rings is 1. The number of anilines is 1. The van der Waals surface area contributed by atoms with Gasteiger partial charge in [0.05, 0.1) is 10.7 Å². The van der Waals surface area contributed by atoms with Crippen LogP contribution < -0.4 is 4.90 Å². The lowest BCUT2D eigenvalue weighted by Crippen LogP contribution is -2.48. The minimum Gasteiger partial charge on any atom is -0.368 e. The molecule has 144 valence electrons. The lowest BCUT2D eigenvalue weighted by atomic mass is 10.2. The summed E-state index contributed by atoms with van der Waals surface area (Å²) >= 11 is 1.50. The van der Waals surface area contributed by atoms with Crippen LogP contribution in [0.5, 0.6) is 0 Å². The molecule has 1 saturated heterocycles. The molecule has 2 aromatic carbocycles. The minimum atomic E-state index is -0.232. The number of nitrogens with zero attached hydrogens (tertiary/aromatic N) is 3. The van der Waals surface area contributed by atoms with Crippen LogP contribution >= 0.6 is 11.3 Å². The molecule has 28 heavy (non-hydrogen) atoms. The van der Waals surface area contributed by atoms with E-state index in [1.807, 2.05) is 30.0 Å². The van der Waals surface area contributed by atoms with Crippen LogP contribution in [0.4, 0.5) is 10.1 Å². The molecular weight excluding hydrogens is 373 g/mol. The number of halogens is 1. The third kappa shape index (κ3) is 4.07. The molecule has 0 radical (unpaired) electrons. The highest BCUT2D eigenvalue weighted by Crippen LogP contribution is 2.24. The molecule has 1 amide bonds. The predicted octanol–water partition coefficient (Wildman–Crippen LogP) is 4.14. The molecule has 0 aliphatic carbocycles. The molecule has 0 unspecified atom stereocenters. The molecule has 0 N–H and O–H groups in total. The van der Waals surface area contributed by atoms with Crippen LogP contribution in [0.1, 0.15) is 25.9 Å². The molecule has 0 atom stereocenters. The van der Waals surface area contributed by atoms with Crippen LogP contribution in [0.3, 0.4) is 0 Å². The van der Waals surface area contributed by atoms with Crippen molar-refractivity contribution in [3.63, 3.8) is 0 Å². The molecule has 0 saturated carbocycles. The fraction of sp³-hybridized carbons (Fsp3) is 0.273. The summed E-state index contributed by atoms with van der Waals surface area (Å²) in [6, 6.07) is 16.7. The Morgan fingerprint density at radius 2 is 1.71 bits per heavy atom. The quantitative estimate of drug-likeness (QED) is 0.666. The number of rotatable bonds is 4. The largest absolute Gasteiger partial charge is 0.368 e. The van der Waals surface area contributed by atoms with Gasteiger partial charge in [0.25, 0.3) is 5.91 Å². The molecule has 2 heterocycles. The van der Waals surface area contributed by atoms with Gasteiger partial charge >= 0.3 is 0 Å². The lowest BCUT2D eigenvalue weighted by molar-refractivity contribution is 0.0750. The Morgan fingerprint density at radius 1 is 1.04 bits per heavy atom. The highest BCUT2D eigenvalue weighted by molar-refractivity contribution is 7.13. The number of aromatic nitrogens is 1. The van der Waals surface area contributed by atoms with E-state index in [2.05, 4.69) is 22.0 Å². The maximum absolute atomic E-state index is 13.1. The number of carbonyl (C=O) groups excluding carboxylic acids is 1. The lowest BCUT2D eigenvalue weighted by Gasteiger charge is -2.36. The van der Waals surface area contributed by atoms with E-state index in [9.17, 15) is 9.18 Å². The molecular formula is C22H22FN3OS. The predicted molar refractivity (Wildman–Crippen MR) is 111 cm³/mol. The monoisotopic (exact) mass is 395 g/mol. The van der Waals surface area contributed by atoms with Crippen molar-refractivity contribution in [3.05, 3.63) is 81.6 Å². The molecule has 0 bridgehead atoms. The van der Waals surface area contributed by atoms with Crippen molar-refractivity contribution in [2.45, 2.75) is 13.3 Å². The Bertz CT molecular complexity index is 948. The van der Waals surface area contributed by atoms with Gasteiger partial charge in [0.15, 0.2) is 0 Å². The first-order valence-corrected chi connectivity index (χ1v) is 10.2. The van der Waals surface area contributed by atoms with Gasteiger partial charge in [0.2, 0.25) is 0 Å². The van der Waals surface area contributed by atoms with E-state index < -0.39 is 0 Å². The van der Waals surface area contributed by atoms with Crippen LogP contribution in [0.15, 0.2) is 54.6 Å². The van der Waals surface area contributed by atoms with Crippen molar-refractivity contribution < 1.29 is 9.18 Å². The number of carbonyl (C=O) groups is 1. The first-order valence-electron chi connectivity index (χ1n) is 9.40. The van der Waals surface area contributed by atoms with E-state index in [0.717, 1.165) is 40.8 Å². The number of aryl methyl sites for hydroxylation is 1. The number of hydrogen-bond acceptors (Lipinski definition) is 4. The van der Waals surface area contributed by atoms with Crippen molar-refractivity contribution in [3.8, 4) is 0 Å². The Balaban J connectivity index is 1.40. The Hall–Kier alpha value is -2.73. The van der Waals surface area contributed by atoms with E-state index in [0.29, 0.717) is 13.1 Å². The van der Waals surface area contributed by atoms with Crippen molar-refractivity contribution in [2.24, 2.45) is 0 Å². The highest BCUT2D eigenvalue weighted by atomic mass is 32.1. The van der Waals surface area contributed by atoms with Crippen molar-refractivity contribution in [1.82, 2.24) is 9.88 Å². The van der Waals surface area contributed by atoms with Crippen LogP contribution in [-0.2, 0) is 6.42 Å². The van der Waals surface area contributed by atoms with E-state index in [4.69, 9.17) is 0 Å². The molecule has 4 nitrogen and oxygen atoms in total. The smallest absolute Gasteiger partial charge is 0.265 e. The second-order valence-electron chi connectivity index (χ2n) is 6.94. The van der Waals surface area contributed by atoms with Crippen molar-refractivity contribution in [2.75, 3.05) is 31.1 Å². The minimum absolute atomic E-state index is 0.0630. The number of amides is 1. The highest BCUT2D eigenvalue weighted by Gasteiger charge is 2.25. The topological polar surface area (TPSA) is 36.4 Å². The summed E-state index contributed by atoms with van der Waals surface area (Å²) in [5.41, 5.74) is 3.00. The second-order valence-corrected chi connectivity index (χ2v) is 8.02. The summed E-state index contributed by atoms with van der Waals surface area (Å²) in [4.78, 5) is 22.4. The van der Waals surface area contributed by atoms with Gasteiger partial charge in [-0.05, 0) is 36.8 Å². The van der Waals surface area contributed by atoms with Gasteiger partial charge in [-0.1, -0.05) is 30.3 Å². The van der Waals surface area contributed by atoms with Crippen LogP contribution in [-0.4, -0.2) is 42.0 Å². The number of benzene rings is 2. The average Bonchev–Trinajstić information content (AvgIpc) is 3.09. The number of hydrogen-bond donors (Lipinski definition) is 0. The first-order chi connectivity index (χ1) is 13.6. The summed E-state index contributed by atoms with van der Waals surface area (Å²) < 4.78 is 13.1. The maximum Gasteiger partial charge on any atom is 0.265 e. The normalized spacial score (nSPS) is 14.4. The number of piperazine rings is 1. The van der Waals surface area contributed by atoms with E-state index in [-0.39, 0.29) is 11.7 Å². The van der Waals surface area contributed by atoms with Gasteiger partial charge in [-0.25, -0.2) is 9.37 Å². The van der Waals surface area contributed by atoms with Gasteiger partial charge in [0, 0.05) is 38.3 Å². The molecule has 1 aromatic heterocycles. The zero-order valence-corrected chi connectivity index (χ0v) is 16.6. The fourth-order valence-electron chi connectivity index (χ4n) is 3.46. The summed E-state index contributed by atoms with van der Waals surface area (Å²) in [5.74, 6) is -0.169. The van der Waals surface area contributed by atoms with Gasteiger partial charge in [-0.3, -0.25) is 4.79 Å². The molecule has 1 aliphatic rings. The first kappa shape index (κ1) is 18.6. The zero-order chi connectivity index (χ0) is 19.5. The summed E-state index contributed by atoms with van der Waals surface area (Å²) in [6.07, 6.45) is 0.748. The van der Waals surface area contributed by atoms with Gasteiger partial charge < -0.3 is 9.80 Å². The Labute approximate surface area is 168 Å². The van der Waals surface area contributed by atoms with Gasteiger partial charge in [-0.15, -0.1) is 11.3 Å². The Kier molecular flexibility index (Phi) is 5.39. The van der Waals surface area contributed by atoms with Gasteiger partial charge in [0.1, 0.15) is 10.7 Å². The Morgan fingerprint density at radius 3 is 2.39 bits per heavy atom. The maximum atomic E-state index is 13.1. The summed E-state index contributed by atoms with van der Waals surface area (Å²) in [6.45, 7) is 4.70. The summed E-state index contributed by atoms with van der Waals surface area (Å²) in [7, 11) is 0. The van der Waals surface area contributed by atoms with E-state index in [1.165, 1.54) is 29.0 Å². The third-order valence-electron chi connectivity index (χ3n) is 4.99. The van der Waals surface area contributed by atoms with Crippen LogP contribution in [0.25, 0.3) is 0 Å². The van der Waals surface area contributed by atoms with Crippen LogP contribution in [0, 0.1) is 12.7 Å². The third-order valence-corrected chi connectivity index (χ3v) is 6.14.